The van der Waals surface area contributed by atoms with Crippen LogP contribution in [0.5, 0.6) is 0 Å². The Morgan fingerprint density at radius 2 is 1.73 bits per heavy atom. The largest absolute Gasteiger partial charge is 0.287 e. The van der Waals surface area contributed by atoms with Gasteiger partial charge in [0.2, 0.25) is 0 Å². The van der Waals surface area contributed by atoms with Crippen LogP contribution in [0.25, 0.3) is 16.6 Å². The summed E-state index contributed by atoms with van der Waals surface area (Å²) in [5.74, 6) is 0. The van der Waals surface area contributed by atoms with E-state index in [0.29, 0.717) is 6.54 Å². The fraction of sp³-hybridized carbons (Fsp3) is 0.192. The minimum absolute atomic E-state index is 0.559. The summed E-state index contributed by atoms with van der Waals surface area (Å²) in [4.78, 5) is 5.54. The zero-order chi connectivity index (χ0) is 21.1. The van der Waals surface area contributed by atoms with E-state index in [2.05, 4.69) is 91.5 Å². The van der Waals surface area contributed by atoms with Crippen LogP contribution in [-0.4, -0.2) is 27.4 Å². The number of thiocarbonyl (C=S) groups is 1. The molecule has 0 N–H and O–H groups in total. The molecule has 4 rings (SSSR count). The minimum Gasteiger partial charge on any atom is -0.287 e. The molecule has 0 spiro atoms. The highest BCUT2D eigenvalue weighted by atomic mass is 32.1. The molecule has 0 radical (unpaired) electrons. The Labute approximate surface area is 183 Å². The van der Waals surface area contributed by atoms with Gasteiger partial charge in [-0.2, -0.15) is 5.10 Å². The van der Waals surface area contributed by atoms with E-state index in [-0.39, 0.29) is 0 Å². The molecule has 0 aliphatic heterocycles. The predicted molar refractivity (Wildman–Crippen MR) is 130 cm³/mol. The molecule has 0 atom stereocenters. The molecule has 0 saturated heterocycles. The summed E-state index contributed by atoms with van der Waals surface area (Å²) in [7, 11) is 0. The predicted octanol–water partition coefficient (Wildman–Crippen LogP) is 5.98. The summed E-state index contributed by atoms with van der Waals surface area (Å²) in [5.41, 5.74) is 8.35. The number of aryl methyl sites for hydroxylation is 3. The normalized spacial score (nSPS) is 11.4. The van der Waals surface area contributed by atoms with E-state index < -0.39 is 0 Å². The van der Waals surface area contributed by atoms with Crippen LogP contribution in [0.1, 0.15) is 27.8 Å². The molecule has 0 saturated carbocycles. The van der Waals surface area contributed by atoms with E-state index >= 15 is 0 Å². The average Bonchev–Trinajstić information content (AvgIpc) is 3.15. The topological polar surface area (TPSA) is 30.2 Å². The molecule has 30 heavy (non-hydrogen) atoms. The third-order valence-corrected chi connectivity index (χ3v) is 5.67. The molecular formula is C26H25N3S. The van der Waals surface area contributed by atoms with E-state index in [1.807, 2.05) is 17.1 Å². The molecule has 4 aromatic rings. The Morgan fingerprint density at radius 1 is 1.00 bits per heavy atom. The van der Waals surface area contributed by atoms with Crippen LogP contribution in [-0.2, 0) is 6.42 Å². The molecule has 1 heterocycles. The lowest BCUT2D eigenvalue weighted by atomic mass is 9.99. The van der Waals surface area contributed by atoms with Crippen molar-refractivity contribution in [3.8, 4) is 5.69 Å². The number of benzene rings is 3. The summed E-state index contributed by atoms with van der Waals surface area (Å²) < 4.78 is 1.97. The van der Waals surface area contributed by atoms with Gasteiger partial charge >= 0.3 is 0 Å². The maximum atomic E-state index is 5.59. The molecule has 0 unspecified atom stereocenters. The number of hydrogen-bond donors (Lipinski definition) is 0. The number of hydrogen-bond acceptors (Lipinski definition) is 3. The van der Waals surface area contributed by atoms with E-state index in [1.165, 1.54) is 22.3 Å². The highest BCUT2D eigenvalue weighted by molar-refractivity contribution is 7.80. The van der Waals surface area contributed by atoms with Gasteiger partial charge in [0, 0.05) is 22.9 Å². The second-order valence-corrected chi connectivity index (χ2v) is 8.34. The van der Waals surface area contributed by atoms with Gasteiger partial charge in [-0.15, -0.1) is 0 Å². The van der Waals surface area contributed by atoms with Crippen LogP contribution < -0.4 is 0 Å². The number of aromatic nitrogens is 2. The first-order valence-electron chi connectivity index (χ1n) is 10.1. The van der Waals surface area contributed by atoms with Gasteiger partial charge in [-0.1, -0.05) is 54.2 Å². The standard InChI is InChI=1S/C26H25N3S/c1-18-7-10-23(11-8-18)29-26-12-9-21(13-22(26)16-28-29)15-27-17-24(30)14-25-19(2)5-4-6-20(25)3/h4-13,15-16H,14,17H2,1-3H3. The zero-order valence-corrected chi connectivity index (χ0v) is 18.4. The van der Waals surface area contributed by atoms with Crippen molar-refractivity contribution in [1.29, 1.82) is 0 Å². The molecule has 150 valence electrons. The van der Waals surface area contributed by atoms with Crippen LogP contribution in [0.15, 0.2) is 71.9 Å². The van der Waals surface area contributed by atoms with Crippen molar-refractivity contribution in [2.24, 2.45) is 4.99 Å². The van der Waals surface area contributed by atoms with Crippen molar-refractivity contribution in [3.63, 3.8) is 0 Å². The first-order chi connectivity index (χ1) is 14.5. The maximum Gasteiger partial charge on any atom is 0.0741 e. The average molecular weight is 412 g/mol. The van der Waals surface area contributed by atoms with Crippen molar-refractivity contribution in [1.82, 2.24) is 9.78 Å². The highest BCUT2D eigenvalue weighted by Crippen LogP contribution is 2.20. The van der Waals surface area contributed by atoms with Gasteiger partial charge in [-0.25, -0.2) is 4.68 Å². The quantitative estimate of drug-likeness (QED) is 0.288. The second-order valence-electron chi connectivity index (χ2n) is 7.77. The third kappa shape index (κ3) is 4.39. The van der Waals surface area contributed by atoms with Gasteiger partial charge in [0.1, 0.15) is 0 Å². The maximum absolute atomic E-state index is 5.59. The summed E-state index contributed by atoms with van der Waals surface area (Å²) >= 11 is 5.59. The van der Waals surface area contributed by atoms with Crippen molar-refractivity contribution in [2.45, 2.75) is 27.2 Å². The van der Waals surface area contributed by atoms with Crippen LogP contribution in [0, 0.1) is 20.8 Å². The van der Waals surface area contributed by atoms with Crippen LogP contribution in [0.3, 0.4) is 0 Å². The molecule has 3 aromatic carbocycles. The fourth-order valence-corrected chi connectivity index (χ4v) is 3.88. The SMILES string of the molecule is Cc1ccc(-n2ncc3cc(C=NCC(=S)Cc4c(C)cccc4C)ccc32)cc1. The summed E-state index contributed by atoms with van der Waals surface area (Å²) in [6, 6.07) is 21.0. The molecule has 3 nitrogen and oxygen atoms in total. The molecule has 1 aromatic heterocycles. The van der Waals surface area contributed by atoms with E-state index in [1.54, 1.807) is 0 Å². The van der Waals surface area contributed by atoms with Gasteiger partial charge in [0.25, 0.3) is 0 Å². The van der Waals surface area contributed by atoms with E-state index in [0.717, 1.165) is 33.4 Å². The summed E-state index contributed by atoms with van der Waals surface area (Å²) in [6.07, 6.45) is 4.60. The number of fused-ring (bicyclic) bond motifs is 1. The first-order valence-corrected chi connectivity index (χ1v) is 10.5. The lowest BCUT2D eigenvalue weighted by molar-refractivity contribution is 0.910. The smallest absolute Gasteiger partial charge is 0.0741 e. The van der Waals surface area contributed by atoms with Crippen molar-refractivity contribution in [3.05, 3.63) is 94.7 Å². The lowest BCUT2D eigenvalue weighted by Crippen LogP contribution is -2.07. The lowest BCUT2D eigenvalue weighted by Gasteiger charge is -2.09. The van der Waals surface area contributed by atoms with Gasteiger partial charge in [-0.3, -0.25) is 4.99 Å². The highest BCUT2D eigenvalue weighted by Gasteiger charge is 2.07. The summed E-state index contributed by atoms with van der Waals surface area (Å²) in [6.45, 7) is 6.93. The molecule has 0 aliphatic rings. The van der Waals surface area contributed by atoms with Crippen molar-refractivity contribution >= 4 is 34.2 Å². The first kappa shape index (κ1) is 20.2. The van der Waals surface area contributed by atoms with Crippen LogP contribution >= 0.6 is 12.2 Å². The van der Waals surface area contributed by atoms with Gasteiger partial charge in [0.15, 0.2) is 0 Å². The van der Waals surface area contributed by atoms with Crippen molar-refractivity contribution in [2.75, 3.05) is 6.54 Å². The van der Waals surface area contributed by atoms with Gasteiger partial charge in [0.05, 0.1) is 23.9 Å². The van der Waals surface area contributed by atoms with Crippen molar-refractivity contribution < 1.29 is 0 Å². The molecular weight excluding hydrogens is 386 g/mol. The van der Waals surface area contributed by atoms with Crippen LogP contribution in [0.4, 0.5) is 0 Å². The van der Waals surface area contributed by atoms with Gasteiger partial charge in [-0.05, 0) is 67.3 Å². The Bertz CT molecular complexity index is 1210. The number of aliphatic imine (C=N–C) groups is 1. The number of nitrogens with zero attached hydrogens (tertiary/aromatic N) is 3. The monoisotopic (exact) mass is 411 g/mol. The summed E-state index contributed by atoms with van der Waals surface area (Å²) in [5, 5.41) is 5.65. The molecule has 0 aliphatic carbocycles. The zero-order valence-electron chi connectivity index (χ0n) is 17.6. The number of rotatable bonds is 6. The Kier molecular flexibility index (Phi) is 5.86. The van der Waals surface area contributed by atoms with E-state index in [4.69, 9.17) is 12.2 Å². The molecule has 0 amide bonds. The molecule has 0 bridgehead atoms. The van der Waals surface area contributed by atoms with Gasteiger partial charge < -0.3 is 0 Å². The second kappa shape index (κ2) is 8.72. The molecule has 0 fully saturated rings. The Morgan fingerprint density at radius 3 is 2.47 bits per heavy atom. The minimum atomic E-state index is 0.559. The van der Waals surface area contributed by atoms with Crippen LogP contribution in [0.2, 0.25) is 0 Å². The Hall–Kier alpha value is -3.11. The third-order valence-electron chi connectivity index (χ3n) is 5.40. The fourth-order valence-electron chi connectivity index (χ4n) is 3.66. The van der Waals surface area contributed by atoms with E-state index in [9.17, 15) is 0 Å². The Balaban J connectivity index is 1.46. The molecule has 4 heteroatoms.